The summed E-state index contributed by atoms with van der Waals surface area (Å²) in [4.78, 5) is 27.5. The Morgan fingerprint density at radius 2 is 1.83 bits per heavy atom. The number of hydrogen-bond donors (Lipinski definition) is 1. The van der Waals surface area contributed by atoms with E-state index in [9.17, 15) is 23.5 Å². The topological polar surface area (TPSA) is 70.1 Å². The molecule has 1 aromatic rings. The van der Waals surface area contributed by atoms with Crippen molar-refractivity contribution < 1.29 is 28.2 Å². The van der Waals surface area contributed by atoms with Gasteiger partial charge in [-0.3, -0.25) is 4.79 Å². The first-order chi connectivity index (χ1) is 13.5. The largest absolute Gasteiger partial charge is 0.444 e. The molecule has 0 aliphatic carbocycles. The Bertz CT molecular complexity index is 753. The van der Waals surface area contributed by atoms with Crippen LogP contribution in [0.15, 0.2) is 6.07 Å². The number of ether oxygens (including phenoxy) is 1. The number of carbonyl (C=O) groups is 2. The number of piperazine rings is 1. The zero-order valence-corrected chi connectivity index (χ0v) is 18.4. The van der Waals surface area contributed by atoms with Crippen LogP contribution in [0, 0.1) is 18.6 Å². The molecule has 0 radical (unpaired) electrons. The molecule has 2 rings (SSSR count). The summed E-state index contributed by atoms with van der Waals surface area (Å²) in [7, 11) is 0. The van der Waals surface area contributed by atoms with E-state index in [-0.39, 0.29) is 30.2 Å². The molecule has 1 fully saturated rings. The van der Waals surface area contributed by atoms with Gasteiger partial charge in [0.05, 0.1) is 18.2 Å². The molecule has 1 unspecified atom stereocenters. The predicted molar refractivity (Wildman–Crippen MR) is 107 cm³/mol. The van der Waals surface area contributed by atoms with E-state index in [4.69, 9.17) is 16.3 Å². The monoisotopic (exact) mass is 434 g/mol. The van der Waals surface area contributed by atoms with E-state index in [0.717, 1.165) is 6.07 Å². The van der Waals surface area contributed by atoms with Gasteiger partial charge in [0.15, 0.2) is 11.6 Å². The first-order valence-electron chi connectivity index (χ1n) is 9.50. The van der Waals surface area contributed by atoms with E-state index in [1.165, 1.54) is 16.7 Å². The average molecular weight is 435 g/mol. The standard InChI is InChI=1S/C18H23ClF2N2O4.C2H6/c1-10-13(19)7-12(15(21)14(10)20)16(25)23-6-5-22(8-11(23)9-24)17(26)27-18(2,3)4;1-2/h7,11,24H,5-6,8-9H2,1-4H3;1-2H3. The molecular weight excluding hydrogens is 406 g/mol. The van der Waals surface area contributed by atoms with Crippen LogP contribution in [0.4, 0.5) is 13.6 Å². The third-order valence-corrected chi connectivity index (χ3v) is 4.62. The zero-order valence-electron chi connectivity index (χ0n) is 17.7. The third-order valence-electron chi connectivity index (χ3n) is 4.22. The second-order valence-corrected chi connectivity index (χ2v) is 7.83. The van der Waals surface area contributed by atoms with Gasteiger partial charge in [-0.15, -0.1) is 0 Å². The normalized spacial score (nSPS) is 16.8. The van der Waals surface area contributed by atoms with Crippen LogP contribution >= 0.6 is 11.6 Å². The van der Waals surface area contributed by atoms with Gasteiger partial charge in [0.25, 0.3) is 5.91 Å². The highest BCUT2D eigenvalue weighted by atomic mass is 35.5. The minimum Gasteiger partial charge on any atom is -0.444 e. The van der Waals surface area contributed by atoms with Crippen molar-refractivity contribution in [2.75, 3.05) is 26.2 Å². The SMILES string of the molecule is CC.Cc1c(Cl)cc(C(=O)N2CCN(C(=O)OC(C)(C)C)CC2CO)c(F)c1F. The van der Waals surface area contributed by atoms with E-state index in [1.54, 1.807) is 20.8 Å². The molecule has 1 N–H and O–H groups in total. The lowest BCUT2D eigenvalue weighted by Crippen LogP contribution is -2.58. The highest BCUT2D eigenvalue weighted by Crippen LogP contribution is 2.26. The second-order valence-electron chi connectivity index (χ2n) is 7.42. The Hall–Kier alpha value is -1.93. The number of hydrogen-bond acceptors (Lipinski definition) is 4. The third kappa shape index (κ3) is 6.02. The first kappa shape index (κ1) is 25.1. The predicted octanol–water partition coefficient (Wildman–Crippen LogP) is 4.01. The van der Waals surface area contributed by atoms with E-state index in [1.807, 2.05) is 13.8 Å². The number of rotatable bonds is 2. The summed E-state index contributed by atoms with van der Waals surface area (Å²) in [6, 6.07) is 0.299. The quantitative estimate of drug-likeness (QED) is 0.714. The molecule has 0 spiro atoms. The number of benzene rings is 1. The Labute approximate surface area is 175 Å². The Balaban J connectivity index is 0.00000204. The van der Waals surface area contributed by atoms with E-state index in [2.05, 4.69) is 0 Å². The molecule has 0 bridgehead atoms. The summed E-state index contributed by atoms with van der Waals surface area (Å²) in [6.07, 6.45) is -0.566. The van der Waals surface area contributed by atoms with Gasteiger partial charge in [-0.05, 0) is 33.8 Å². The molecule has 1 atom stereocenters. The van der Waals surface area contributed by atoms with Crippen molar-refractivity contribution >= 4 is 23.6 Å². The molecule has 1 aliphatic heterocycles. The number of aliphatic hydroxyl groups excluding tert-OH is 1. The maximum atomic E-state index is 14.2. The van der Waals surface area contributed by atoms with Gasteiger partial charge in [-0.1, -0.05) is 25.4 Å². The smallest absolute Gasteiger partial charge is 0.410 e. The van der Waals surface area contributed by atoms with E-state index >= 15 is 0 Å². The van der Waals surface area contributed by atoms with Crippen LogP contribution in [0.3, 0.4) is 0 Å². The lowest BCUT2D eigenvalue weighted by atomic mass is 10.1. The Morgan fingerprint density at radius 1 is 1.24 bits per heavy atom. The zero-order chi connectivity index (χ0) is 22.5. The molecule has 2 amide bonds. The lowest BCUT2D eigenvalue weighted by Gasteiger charge is -2.41. The summed E-state index contributed by atoms with van der Waals surface area (Å²) in [5.41, 5.74) is -1.27. The fourth-order valence-corrected chi connectivity index (χ4v) is 2.96. The summed E-state index contributed by atoms with van der Waals surface area (Å²) < 4.78 is 33.5. The van der Waals surface area contributed by atoms with Gasteiger partial charge in [0, 0.05) is 30.2 Å². The van der Waals surface area contributed by atoms with Crippen molar-refractivity contribution in [3.05, 3.63) is 33.9 Å². The Kier molecular flexibility index (Phi) is 8.84. The first-order valence-corrected chi connectivity index (χ1v) is 9.88. The maximum Gasteiger partial charge on any atom is 0.410 e. The van der Waals surface area contributed by atoms with Crippen LogP contribution in [0.5, 0.6) is 0 Å². The molecule has 0 saturated carbocycles. The molecule has 29 heavy (non-hydrogen) atoms. The fourth-order valence-electron chi connectivity index (χ4n) is 2.77. The van der Waals surface area contributed by atoms with E-state index in [0.29, 0.717) is 0 Å². The van der Waals surface area contributed by atoms with Crippen molar-refractivity contribution in [3.63, 3.8) is 0 Å². The van der Waals surface area contributed by atoms with Crippen LogP contribution in [0.1, 0.15) is 50.5 Å². The number of amides is 2. The minimum atomic E-state index is -1.28. The van der Waals surface area contributed by atoms with Crippen molar-refractivity contribution in [3.8, 4) is 0 Å². The molecule has 6 nitrogen and oxygen atoms in total. The van der Waals surface area contributed by atoms with Gasteiger partial charge < -0.3 is 19.6 Å². The molecule has 1 aromatic carbocycles. The molecule has 9 heteroatoms. The number of aliphatic hydroxyl groups is 1. The highest BCUT2D eigenvalue weighted by Gasteiger charge is 2.35. The van der Waals surface area contributed by atoms with Gasteiger partial charge in [-0.2, -0.15) is 0 Å². The van der Waals surface area contributed by atoms with Crippen LogP contribution in [-0.2, 0) is 4.74 Å². The second kappa shape index (κ2) is 10.2. The summed E-state index contributed by atoms with van der Waals surface area (Å²) >= 11 is 5.87. The van der Waals surface area contributed by atoms with Crippen LogP contribution in [0.25, 0.3) is 0 Å². The number of carbonyl (C=O) groups excluding carboxylic acids is 2. The summed E-state index contributed by atoms with van der Waals surface area (Å²) in [6.45, 7) is 10.2. The molecule has 0 aromatic heterocycles. The van der Waals surface area contributed by atoms with Crippen LogP contribution < -0.4 is 0 Å². The molecule has 1 saturated heterocycles. The number of halogens is 3. The molecule has 1 aliphatic rings. The maximum absolute atomic E-state index is 14.2. The van der Waals surface area contributed by atoms with Crippen molar-refractivity contribution in [1.29, 1.82) is 0 Å². The van der Waals surface area contributed by atoms with Gasteiger partial charge in [-0.25, -0.2) is 13.6 Å². The van der Waals surface area contributed by atoms with Gasteiger partial charge >= 0.3 is 6.09 Å². The fraction of sp³-hybridized carbons (Fsp3) is 0.600. The van der Waals surface area contributed by atoms with Gasteiger partial charge in [0.2, 0.25) is 0 Å². The highest BCUT2D eigenvalue weighted by molar-refractivity contribution is 6.31. The average Bonchev–Trinajstić information content (AvgIpc) is 2.68. The lowest BCUT2D eigenvalue weighted by molar-refractivity contribution is -0.00256. The van der Waals surface area contributed by atoms with Crippen LogP contribution in [0.2, 0.25) is 5.02 Å². The molecular formula is C20H29ClF2N2O4. The van der Waals surface area contributed by atoms with E-state index < -0.39 is 47.4 Å². The van der Waals surface area contributed by atoms with Crippen molar-refractivity contribution in [2.24, 2.45) is 0 Å². The summed E-state index contributed by atoms with van der Waals surface area (Å²) in [5, 5.41) is 9.58. The molecule has 1 heterocycles. The Morgan fingerprint density at radius 3 is 2.34 bits per heavy atom. The van der Waals surface area contributed by atoms with Crippen molar-refractivity contribution in [2.45, 2.75) is 53.2 Å². The summed E-state index contributed by atoms with van der Waals surface area (Å²) in [5.74, 6) is -3.26. The minimum absolute atomic E-state index is 0.0147. The number of nitrogens with zero attached hydrogens (tertiary/aromatic N) is 2. The van der Waals surface area contributed by atoms with Crippen LogP contribution in [-0.4, -0.2) is 64.8 Å². The van der Waals surface area contributed by atoms with Gasteiger partial charge in [0.1, 0.15) is 5.60 Å². The molecule has 164 valence electrons. The van der Waals surface area contributed by atoms with Crippen molar-refractivity contribution in [1.82, 2.24) is 9.80 Å².